The zero-order chi connectivity index (χ0) is 21.0. The van der Waals surface area contributed by atoms with Crippen LogP contribution in [0, 0.1) is 5.82 Å². The third-order valence-electron chi connectivity index (χ3n) is 4.84. The summed E-state index contributed by atoms with van der Waals surface area (Å²) < 4.78 is 19.5. The van der Waals surface area contributed by atoms with Gasteiger partial charge in [-0.15, -0.1) is 0 Å². The van der Waals surface area contributed by atoms with Crippen molar-refractivity contribution in [1.82, 2.24) is 20.2 Å². The topological polar surface area (TPSA) is 87.3 Å². The van der Waals surface area contributed by atoms with Crippen LogP contribution >= 0.6 is 23.4 Å². The molecule has 0 saturated carbocycles. The fraction of sp³-hybridized carbons (Fsp3) is 0.421. The minimum Gasteiger partial charge on any atom is -0.467 e. The van der Waals surface area contributed by atoms with Crippen molar-refractivity contribution in [3.05, 3.63) is 52.3 Å². The van der Waals surface area contributed by atoms with Crippen LogP contribution in [-0.4, -0.2) is 58.6 Å². The summed E-state index contributed by atoms with van der Waals surface area (Å²) in [4.78, 5) is 34.0. The van der Waals surface area contributed by atoms with Gasteiger partial charge in [0.15, 0.2) is 0 Å². The van der Waals surface area contributed by atoms with Gasteiger partial charge in [-0.05, 0) is 30.6 Å². The highest BCUT2D eigenvalue weighted by atomic mass is 35.5. The number of esters is 1. The summed E-state index contributed by atoms with van der Waals surface area (Å²) in [5.41, 5.74) is 1.71. The van der Waals surface area contributed by atoms with E-state index in [2.05, 4.69) is 15.3 Å². The third-order valence-corrected chi connectivity index (χ3v) is 5.72. The Hall–Kier alpha value is -2.26. The van der Waals surface area contributed by atoms with Crippen LogP contribution in [0.15, 0.2) is 24.5 Å². The third kappa shape index (κ3) is 4.67. The van der Waals surface area contributed by atoms with Crippen molar-refractivity contribution < 1.29 is 18.7 Å². The number of fused-ring (bicyclic) bond motifs is 1. The highest BCUT2D eigenvalue weighted by Crippen LogP contribution is 2.35. The van der Waals surface area contributed by atoms with Gasteiger partial charge in [0.25, 0.3) is 0 Å². The van der Waals surface area contributed by atoms with Crippen LogP contribution in [0.2, 0.25) is 5.02 Å². The number of halogens is 2. The predicted molar refractivity (Wildman–Crippen MR) is 110 cm³/mol. The molecular formula is C19H22ClFN4O3S. The standard InChI is InChI=1S/C19H22ClFN4O3S/c1-28-18(26)15(6-8-29-2)24-19(27)25-7-5-14-16(23-10-22-14)17(25)12-4-3-11(20)9-13(12)21/h3-4,9-10,15,17H,5-8H2,1-2H3,(H,22,23)(H,24,27). The van der Waals surface area contributed by atoms with Crippen LogP contribution < -0.4 is 5.32 Å². The van der Waals surface area contributed by atoms with Crippen LogP contribution in [0.3, 0.4) is 0 Å². The van der Waals surface area contributed by atoms with E-state index in [1.807, 2.05) is 6.26 Å². The average Bonchev–Trinajstić information content (AvgIpc) is 3.19. The Morgan fingerprint density at radius 2 is 2.31 bits per heavy atom. The smallest absolute Gasteiger partial charge is 0.328 e. The van der Waals surface area contributed by atoms with E-state index in [4.69, 9.17) is 16.3 Å². The van der Waals surface area contributed by atoms with E-state index in [0.29, 0.717) is 30.8 Å². The predicted octanol–water partition coefficient (Wildman–Crippen LogP) is 3.15. The Labute approximate surface area is 177 Å². The number of hydrogen-bond acceptors (Lipinski definition) is 5. The lowest BCUT2D eigenvalue weighted by atomic mass is 9.95. The number of thioether (sulfide) groups is 1. The second kappa shape index (κ2) is 9.49. The number of nitrogens with zero attached hydrogens (tertiary/aromatic N) is 2. The van der Waals surface area contributed by atoms with Gasteiger partial charge in [0.1, 0.15) is 17.9 Å². The van der Waals surface area contributed by atoms with E-state index in [9.17, 15) is 14.0 Å². The molecule has 2 amide bonds. The number of urea groups is 1. The van der Waals surface area contributed by atoms with Gasteiger partial charge < -0.3 is 19.9 Å². The molecular weight excluding hydrogens is 419 g/mol. The highest BCUT2D eigenvalue weighted by molar-refractivity contribution is 7.98. The van der Waals surface area contributed by atoms with E-state index in [0.717, 1.165) is 5.69 Å². The molecule has 2 unspecified atom stereocenters. The summed E-state index contributed by atoms with van der Waals surface area (Å²) in [5.74, 6) is -0.360. The van der Waals surface area contributed by atoms with Gasteiger partial charge in [0, 0.05) is 29.2 Å². The fourth-order valence-electron chi connectivity index (χ4n) is 3.39. The van der Waals surface area contributed by atoms with Crippen LogP contribution in [0.5, 0.6) is 0 Å². The lowest BCUT2D eigenvalue weighted by Crippen LogP contribution is -2.51. The summed E-state index contributed by atoms with van der Waals surface area (Å²) in [7, 11) is 1.28. The van der Waals surface area contributed by atoms with Gasteiger partial charge in [0.05, 0.1) is 19.1 Å². The molecule has 0 fully saturated rings. The molecule has 29 heavy (non-hydrogen) atoms. The first kappa shape index (κ1) is 21.4. The van der Waals surface area contributed by atoms with E-state index in [1.165, 1.54) is 24.4 Å². The van der Waals surface area contributed by atoms with E-state index < -0.39 is 29.9 Å². The second-order valence-corrected chi connectivity index (χ2v) is 8.01. The van der Waals surface area contributed by atoms with Gasteiger partial charge in [-0.1, -0.05) is 17.7 Å². The first-order chi connectivity index (χ1) is 14.0. The molecule has 1 aliphatic rings. The van der Waals surface area contributed by atoms with Crippen LogP contribution in [0.1, 0.15) is 29.4 Å². The van der Waals surface area contributed by atoms with Gasteiger partial charge in [0.2, 0.25) is 0 Å². The monoisotopic (exact) mass is 440 g/mol. The number of rotatable bonds is 6. The van der Waals surface area contributed by atoms with Crippen molar-refractivity contribution in [2.45, 2.75) is 24.9 Å². The molecule has 1 aromatic carbocycles. The molecule has 0 spiro atoms. The molecule has 10 heteroatoms. The molecule has 2 aromatic rings. The molecule has 1 aromatic heterocycles. The van der Waals surface area contributed by atoms with E-state index in [1.54, 1.807) is 23.9 Å². The maximum absolute atomic E-state index is 14.7. The summed E-state index contributed by atoms with van der Waals surface area (Å²) in [6.45, 7) is 0.337. The maximum Gasteiger partial charge on any atom is 0.328 e. The SMILES string of the molecule is COC(=O)C(CCSC)NC(=O)N1CCc2[nH]cnc2C1c1ccc(Cl)cc1F. The van der Waals surface area contributed by atoms with Crippen molar-refractivity contribution in [3.8, 4) is 0 Å². The summed E-state index contributed by atoms with van der Waals surface area (Å²) in [6, 6.07) is 2.35. The molecule has 0 bridgehead atoms. The molecule has 0 aliphatic carbocycles. The number of amides is 2. The molecule has 7 nitrogen and oxygen atoms in total. The van der Waals surface area contributed by atoms with E-state index in [-0.39, 0.29) is 10.6 Å². The van der Waals surface area contributed by atoms with Crippen molar-refractivity contribution >= 4 is 35.4 Å². The minimum absolute atomic E-state index is 0.267. The Bertz CT molecular complexity index is 894. The number of aromatic amines is 1. The van der Waals surface area contributed by atoms with Crippen LogP contribution in [0.25, 0.3) is 0 Å². The normalized spacial score (nSPS) is 16.8. The second-order valence-electron chi connectivity index (χ2n) is 6.58. The number of benzene rings is 1. The van der Waals surface area contributed by atoms with Crippen LogP contribution in [-0.2, 0) is 16.0 Å². The number of hydrogen-bond donors (Lipinski definition) is 2. The van der Waals surface area contributed by atoms with Crippen molar-refractivity contribution in [2.75, 3.05) is 25.7 Å². The Balaban J connectivity index is 1.91. The lowest BCUT2D eigenvalue weighted by molar-refractivity contribution is -0.142. The highest BCUT2D eigenvalue weighted by Gasteiger charge is 2.37. The zero-order valence-corrected chi connectivity index (χ0v) is 17.6. The molecule has 1 aliphatic heterocycles. The number of H-pyrrole nitrogens is 1. The number of methoxy groups -OCH3 is 1. The minimum atomic E-state index is -0.781. The molecule has 3 rings (SSSR count). The number of aromatic nitrogens is 2. The summed E-state index contributed by atoms with van der Waals surface area (Å²) >= 11 is 7.46. The quantitative estimate of drug-likeness (QED) is 0.674. The first-order valence-electron chi connectivity index (χ1n) is 9.07. The van der Waals surface area contributed by atoms with Gasteiger partial charge in [-0.2, -0.15) is 11.8 Å². The van der Waals surface area contributed by atoms with Crippen molar-refractivity contribution in [3.63, 3.8) is 0 Å². The molecule has 2 heterocycles. The largest absolute Gasteiger partial charge is 0.467 e. The van der Waals surface area contributed by atoms with E-state index >= 15 is 0 Å². The molecule has 0 saturated heterocycles. The Morgan fingerprint density at radius 3 is 3.00 bits per heavy atom. The van der Waals surface area contributed by atoms with Gasteiger partial charge >= 0.3 is 12.0 Å². The number of nitrogens with one attached hydrogen (secondary N) is 2. The first-order valence-corrected chi connectivity index (χ1v) is 10.8. The zero-order valence-electron chi connectivity index (χ0n) is 16.1. The number of imidazole rings is 1. The van der Waals surface area contributed by atoms with Gasteiger partial charge in [-0.25, -0.2) is 19.0 Å². The number of carbonyl (C=O) groups excluding carboxylic acids is 2. The number of carbonyl (C=O) groups is 2. The summed E-state index contributed by atoms with van der Waals surface area (Å²) in [6.07, 6.45) is 4.42. The number of ether oxygens (including phenoxy) is 1. The maximum atomic E-state index is 14.7. The summed E-state index contributed by atoms with van der Waals surface area (Å²) in [5, 5.41) is 3.01. The molecule has 156 valence electrons. The average molecular weight is 441 g/mol. The Kier molecular flexibility index (Phi) is 7.02. The lowest BCUT2D eigenvalue weighted by Gasteiger charge is -2.36. The Morgan fingerprint density at radius 1 is 1.52 bits per heavy atom. The molecule has 2 atom stereocenters. The van der Waals surface area contributed by atoms with Gasteiger partial charge in [-0.3, -0.25) is 0 Å². The fourth-order valence-corrected chi connectivity index (χ4v) is 4.02. The van der Waals surface area contributed by atoms with Crippen molar-refractivity contribution in [2.24, 2.45) is 0 Å². The molecule has 0 radical (unpaired) electrons. The van der Waals surface area contributed by atoms with Crippen LogP contribution in [0.4, 0.5) is 9.18 Å². The van der Waals surface area contributed by atoms with Crippen molar-refractivity contribution in [1.29, 1.82) is 0 Å². The molecule has 2 N–H and O–H groups in total.